The molecular weight excluding hydrogens is 281 g/mol. The van der Waals surface area contributed by atoms with Gasteiger partial charge in [-0.15, -0.1) is 0 Å². The molecule has 3 nitrogen and oxygen atoms in total. The van der Waals surface area contributed by atoms with Crippen LogP contribution in [0.15, 0.2) is 24.3 Å². The summed E-state index contributed by atoms with van der Waals surface area (Å²) in [6, 6.07) is 6.63. The molecule has 1 aliphatic carbocycles. The molecule has 0 bridgehead atoms. The average Bonchev–Trinajstić information content (AvgIpc) is 2.87. The van der Waals surface area contributed by atoms with Crippen LogP contribution in [0.5, 0.6) is 0 Å². The Labute approximate surface area is 120 Å². The minimum Gasteiger partial charge on any atom is -0.338 e. The van der Waals surface area contributed by atoms with E-state index in [1.165, 1.54) is 12.1 Å². The minimum atomic E-state index is -4.38. The molecular formula is C15H15F3N2O. The van der Waals surface area contributed by atoms with E-state index in [0.29, 0.717) is 18.4 Å². The molecule has 0 heterocycles. The van der Waals surface area contributed by atoms with E-state index in [2.05, 4.69) is 11.4 Å². The summed E-state index contributed by atoms with van der Waals surface area (Å²) >= 11 is 0. The first-order valence-electron chi connectivity index (χ1n) is 6.73. The van der Waals surface area contributed by atoms with Gasteiger partial charge in [0.25, 0.3) is 0 Å². The topological polar surface area (TPSA) is 52.9 Å². The Morgan fingerprint density at radius 3 is 2.29 bits per heavy atom. The maximum atomic E-state index is 12.4. The van der Waals surface area contributed by atoms with E-state index in [1.54, 1.807) is 0 Å². The highest BCUT2D eigenvalue weighted by Crippen LogP contribution is 2.30. The molecule has 0 aromatic heterocycles. The van der Waals surface area contributed by atoms with E-state index >= 15 is 0 Å². The summed E-state index contributed by atoms with van der Waals surface area (Å²) in [4.78, 5) is 11.9. The van der Waals surface area contributed by atoms with Crippen LogP contribution in [0, 0.1) is 11.3 Å². The number of hydrogen-bond donors (Lipinski definition) is 1. The molecule has 0 unspecified atom stereocenters. The van der Waals surface area contributed by atoms with Crippen molar-refractivity contribution in [3.05, 3.63) is 35.4 Å². The maximum absolute atomic E-state index is 12.4. The zero-order chi connectivity index (χ0) is 15.5. The molecule has 6 heteroatoms. The molecule has 2 rings (SSSR count). The second-order valence-corrected chi connectivity index (χ2v) is 5.32. The predicted molar refractivity (Wildman–Crippen MR) is 70.1 cm³/mol. The Morgan fingerprint density at radius 1 is 1.24 bits per heavy atom. The number of halogens is 3. The lowest BCUT2D eigenvalue weighted by Gasteiger charge is -2.22. The quantitative estimate of drug-likeness (QED) is 0.931. The first-order valence-corrected chi connectivity index (χ1v) is 6.73. The Kier molecular flexibility index (Phi) is 4.21. The molecule has 0 saturated heterocycles. The van der Waals surface area contributed by atoms with Gasteiger partial charge in [-0.3, -0.25) is 4.79 Å². The Hall–Kier alpha value is -2.03. The maximum Gasteiger partial charge on any atom is 0.416 e. The van der Waals surface area contributed by atoms with Crippen LogP contribution in [-0.2, 0) is 17.4 Å². The summed E-state index contributed by atoms with van der Waals surface area (Å²) in [7, 11) is 0. The van der Waals surface area contributed by atoms with E-state index in [1.807, 2.05) is 0 Å². The number of alkyl halides is 3. The van der Waals surface area contributed by atoms with Crippen molar-refractivity contribution in [1.29, 1.82) is 5.26 Å². The van der Waals surface area contributed by atoms with Crippen molar-refractivity contribution >= 4 is 5.91 Å². The van der Waals surface area contributed by atoms with Gasteiger partial charge in [0.1, 0.15) is 5.54 Å². The van der Waals surface area contributed by atoms with E-state index in [0.717, 1.165) is 25.0 Å². The summed E-state index contributed by atoms with van der Waals surface area (Å²) in [5.41, 5.74) is -1.05. The van der Waals surface area contributed by atoms with Crippen molar-refractivity contribution in [1.82, 2.24) is 5.32 Å². The molecule has 0 atom stereocenters. The predicted octanol–water partition coefficient (Wildman–Crippen LogP) is 3.20. The van der Waals surface area contributed by atoms with Crippen LogP contribution in [-0.4, -0.2) is 11.4 Å². The standard InChI is InChI=1S/C15H15F3N2O/c16-15(17,18)12-5-3-11(4-6-12)9-13(21)20-14(10-19)7-1-2-8-14/h3-6H,1-2,7-9H2,(H,20,21). The van der Waals surface area contributed by atoms with Crippen LogP contribution < -0.4 is 5.32 Å². The van der Waals surface area contributed by atoms with Crippen molar-refractivity contribution in [2.24, 2.45) is 0 Å². The zero-order valence-electron chi connectivity index (χ0n) is 11.3. The van der Waals surface area contributed by atoms with Crippen LogP contribution in [0.4, 0.5) is 13.2 Å². The number of nitrogens with one attached hydrogen (secondary N) is 1. The van der Waals surface area contributed by atoms with Crippen molar-refractivity contribution < 1.29 is 18.0 Å². The molecule has 1 fully saturated rings. The van der Waals surface area contributed by atoms with E-state index in [4.69, 9.17) is 5.26 Å². The molecule has 1 N–H and O–H groups in total. The monoisotopic (exact) mass is 296 g/mol. The lowest BCUT2D eigenvalue weighted by atomic mass is 9.99. The summed E-state index contributed by atoms with van der Waals surface area (Å²) in [5, 5.41) is 11.9. The van der Waals surface area contributed by atoms with Crippen LogP contribution >= 0.6 is 0 Å². The van der Waals surface area contributed by atoms with Gasteiger partial charge in [0.05, 0.1) is 18.1 Å². The Morgan fingerprint density at radius 2 is 1.81 bits per heavy atom. The molecule has 1 amide bonds. The SMILES string of the molecule is N#CC1(NC(=O)Cc2ccc(C(F)(F)F)cc2)CCCC1. The number of nitrogens with zero attached hydrogens (tertiary/aromatic N) is 1. The Balaban J connectivity index is 1.99. The van der Waals surface area contributed by atoms with Crippen molar-refractivity contribution in [3.8, 4) is 6.07 Å². The number of carbonyl (C=O) groups excluding carboxylic acids is 1. The van der Waals surface area contributed by atoms with Crippen LogP contribution in [0.1, 0.15) is 36.8 Å². The normalized spacial score (nSPS) is 17.2. The number of amides is 1. The highest BCUT2D eigenvalue weighted by molar-refractivity contribution is 5.79. The molecule has 1 aromatic carbocycles. The molecule has 21 heavy (non-hydrogen) atoms. The molecule has 0 radical (unpaired) electrons. The summed E-state index contributed by atoms with van der Waals surface area (Å²) < 4.78 is 37.3. The van der Waals surface area contributed by atoms with Gasteiger partial charge in [-0.1, -0.05) is 12.1 Å². The minimum absolute atomic E-state index is 0.0262. The summed E-state index contributed by atoms with van der Waals surface area (Å²) in [5.74, 6) is -0.335. The molecule has 1 saturated carbocycles. The first-order chi connectivity index (χ1) is 9.85. The second-order valence-electron chi connectivity index (χ2n) is 5.32. The van der Waals surface area contributed by atoms with Gasteiger partial charge >= 0.3 is 6.18 Å². The smallest absolute Gasteiger partial charge is 0.338 e. The highest BCUT2D eigenvalue weighted by Gasteiger charge is 2.35. The van der Waals surface area contributed by atoms with Gasteiger partial charge in [-0.05, 0) is 43.4 Å². The van der Waals surface area contributed by atoms with Gasteiger partial charge in [0, 0.05) is 0 Å². The molecule has 0 aliphatic heterocycles. The molecule has 1 aromatic rings. The summed E-state index contributed by atoms with van der Waals surface area (Å²) in [6.45, 7) is 0. The molecule has 1 aliphatic rings. The number of carbonyl (C=O) groups is 1. The van der Waals surface area contributed by atoms with Crippen molar-refractivity contribution in [2.75, 3.05) is 0 Å². The number of benzene rings is 1. The largest absolute Gasteiger partial charge is 0.416 e. The van der Waals surface area contributed by atoms with Gasteiger partial charge in [0.2, 0.25) is 5.91 Å². The van der Waals surface area contributed by atoms with Gasteiger partial charge < -0.3 is 5.32 Å². The average molecular weight is 296 g/mol. The van der Waals surface area contributed by atoms with Crippen LogP contribution in [0.2, 0.25) is 0 Å². The Bertz CT molecular complexity index is 552. The van der Waals surface area contributed by atoms with Crippen molar-refractivity contribution in [2.45, 2.75) is 43.8 Å². The summed E-state index contributed by atoms with van der Waals surface area (Å²) in [6.07, 6.45) is -1.36. The third-order valence-corrected chi connectivity index (χ3v) is 3.70. The third kappa shape index (κ3) is 3.75. The first kappa shape index (κ1) is 15.4. The number of hydrogen-bond acceptors (Lipinski definition) is 2. The van der Waals surface area contributed by atoms with Crippen LogP contribution in [0.25, 0.3) is 0 Å². The molecule has 0 spiro atoms. The van der Waals surface area contributed by atoms with Crippen molar-refractivity contribution in [3.63, 3.8) is 0 Å². The fourth-order valence-electron chi connectivity index (χ4n) is 2.55. The van der Waals surface area contributed by atoms with E-state index in [-0.39, 0.29) is 12.3 Å². The van der Waals surface area contributed by atoms with E-state index < -0.39 is 17.3 Å². The fraction of sp³-hybridized carbons (Fsp3) is 0.467. The number of nitriles is 1. The highest BCUT2D eigenvalue weighted by atomic mass is 19.4. The zero-order valence-corrected chi connectivity index (χ0v) is 11.3. The van der Waals surface area contributed by atoms with Crippen LogP contribution in [0.3, 0.4) is 0 Å². The van der Waals surface area contributed by atoms with Gasteiger partial charge in [-0.2, -0.15) is 18.4 Å². The third-order valence-electron chi connectivity index (χ3n) is 3.70. The lowest BCUT2D eigenvalue weighted by molar-refractivity contribution is -0.137. The van der Waals surface area contributed by atoms with Gasteiger partial charge in [0.15, 0.2) is 0 Å². The second kappa shape index (κ2) is 5.76. The van der Waals surface area contributed by atoms with Gasteiger partial charge in [-0.25, -0.2) is 0 Å². The lowest BCUT2D eigenvalue weighted by Crippen LogP contribution is -2.45. The number of rotatable bonds is 3. The van der Waals surface area contributed by atoms with E-state index in [9.17, 15) is 18.0 Å². The fourth-order valence-corrected chi connectivity index (χ4v) is 2.55. The molecule has 112 valence electrons.